The average molecular weight is 332 g/mol. The Hall–Kier alpha value is -1.23. The molecule has 0 aliphatic rings. The van der Waals surface area contributed by atoms with Crippen molar-refractivity contribution in [3.8, 4) is 0 Å². The zero-order valence-electron chi connectivity index (χ0n) is 10.8. The van der Waals surface area contributed by atoms with Gasteiger partial charge in [-0.1, -0.05) is 47.8 Å². The van der Waals surface area contributed by atoms with Gasteiger partial charge in [-0.25, -0.2) is 4.98 Å². The van der Waals surface area contributed by atoms with Crippen LogP contribution in [-0.4, -0.2) is 16.5 Å². The van der Waals surface area contributed by atoms with Crippen LogP contribution in [0.25, 0.3) is 0 Å². The number of rotatable bonds is 5. The van der Waals surface area contributed by atoms with E-state index in [1.165, 1.54) is 6.20 Å². The summed E-state index contributed by atoms with van der Waals surface area (Å²) in [7, 11) is 0. The Morgan fingerprint density at radius 1 is 1.10 bits per heavy atom. The molecule has 0 aliphatic carbocycles. The van der Waals surface area contributed by atoms with Gasteiger partial charge < -0.3 is 10.6 Å². The van der Waals surface area contributed by atoms with Crippen molar-refractivity contribution in [2.45, 2.75) is 13.3 Å². The van der Waals surface area contributed by atoms with E-state index in [-0.39, 0.29) is 0 Å². The van der Waals surface area contributed by atoms with E-state index >= 15 is 0 Å². The number of hydrogen-bond donors (Lipinski definition) is 2. The van der Waals surface area contributed by atoms with Crippen LogP contribution in [0.2, 0.25) is 15.1 Å². The number of aromatic nitrogens is 2. The predicted octanol–water partition coefficient (Wildman–Crippen LogP) is 5.00. The predicted molar refractivity (Wildman–Crippen MR) is 85.6 cm³/mol. The van der Waals surface area contributed by atoms with E-state index in [1.54, 1.807) is 18.2 Å². The van der Waals surface area contributed by atoms with E-state index in [0.717, 1.165) is 13.0 Å². The van der Waals surface area contributed by atoms with Crippen LogP contribution in [0.1, 0.15) is 13.3 Å². The zero-order valence-corrected chi connectivity index (χ0v) is 13.0. The standard InChI is InChI=1S/C13H13Cl3N4/c1-2-6-17-13-18-7-10(16)12(20-13)19-11-8(14)4-3-5-9(11)15/h3-5,7H,2,6H2,1H3,(H2,17,18,19,20). The SMILES string of the molecule is CCCNc1ncc(Cl)c(Nc2c(Cl)cccc2Cl)n1. The third-order valence-electron chi connectivity index (χ3n) is 2.48. The average Bonchev–Trinajstić information content (AvgIpc) is 2.43. The number of para-hydroxylation sites is 1. The zero-order chi connectivity index (χ0) is 14.5. The summed E-state index contributed by atoms with van der Waals surface area (Å²) < 4.78 is 0. The highest BCUT2D eigenvalue weighted by Gasteiger charge is 2.10. The quantitative estimate of drug-likeness (QED) is 0.809. The van der Waals surface area contributed by atoms with Gasteiger partial charge in [0.05, 0.1) is 21.9 Å². The minimum Gasteiger partial charge on any atom is -0.354 e. The Kier molecular flexibility index (Phi) is 5.29. The first-order valence-corrected chi connectivity index (χ1v) is 7.22. The molecule has 0 aliphatic heterocycles. The lowest BCUT2D eigenvalue weighted by atomic mass is 10.3. The summed E-state index contributed by atoms with van der Waals surface area (Å²) in [5.41, 5.74) is 0.567. The van der Waals surface area contributed by atoms with Crippen molar-refractivity contribution in [2.24, 2.45) is 0 Å². The molecule has 1 aromatic heterocycles. The van der Waals surface area contributed by atoms with Crippen LogP contribution < -0.4 is 10.6 Å². The molecule has 0 unspecified atom stereocenters. The number of hydrogen-bond acceptors (Lipinski definition) is 4. The molecule has 0 spiro atoms. The molecule has 0 saturated carbocycles. The third-order valence-corrected chi connectivity index (χ3v) is 3.39. The Morgan fingerprint density at radius 3 is 2.45 bits per heavy atom. The lowest BCUT2D eigenvalue weighted by molar-refractivity contribution is 0.953. The van der Waals surface area contributed by atoms with Crippen LogP contribution >= 0.6 is 34.8 Å². The van der Waals surface area contributed by atoms with Crippen molar-refractivity contribution in [3.63, 3.8) is 0 Å². The van der Waals surface area contributed by atoms with Crippen molar-refractivity contribution in [2.75, 3.05) is 17.2 Å². The molecule has 0 bridgehead atoms. The van der Waals surface area contributed by atoms with Crippen LogP contribution in [-0.2, 0) is 0 Å². The van der Waals surface area contributed by atoms with Gasteiger partial charge in [-0.3, -0.25) is 0 Å². The monoisotopic (exact) mass is 330 g/mol. The second-order valence-electron chi connectivity index (χ2n) is 4.04. The van der Waals surface area contributed by atoms with Gasteiger partial charge in [-0.05, 0) is 18.6 Å². The van der Waals surface area contributed by atoms with Gasteiger partial charge >= 0.3 is 0 Å². The highest BCUT2D eigenvalue weighted by Crippen LogP contribution is 2.34. The van der Waals surface area contributed by atoms with E-state index in [4.69, 9.17) is 34.8 Å². The molecule has 1 aromatic carbocycles. The Balaban J connectivity index is 2.28. The van der Waals surface area contributed by atoms with Gasteiger partial charge in [0.2, 0.25) is 5.95 Å². The van der Waals surface area contributed by atoms with Crippen molar-refractivity contribution in [1.29, 1.82) is 0 Å². The van der Waals surface area contributed by atoms with Gasteiger partial charge in [0.15, 0.2) is 5.82 Å². The molecule has 0 atom stereocenters. The maximum Gasteiger partial charge on any atom is 0.224 e. The fourth-order valence-corrected chi connectivity index (χ4v) is 2.14. The van der Waals surface area contributed by atoms with Crippen LogP contribution in [0.15, 0.2) is 24.4 Å². The second kappa shape index (κ2) is 6.97. The minimum atomic E-state index is 0.392. The number of benzene rings is 1. The number of nitrogens with zero attached hydrogens (tertiary/aromatic N) is 2. The van der Waals surface area contributed by atoms with Crippen LogP contribution in [0.4, 0.5) is 17.5 Å². The molecule has 20 heavy (non-hydrogen) atoms. The number of anilines is 3. The van der Waals surface area contributed by atoms with Gasteiger partial charge in [0.1, 0.15) is 5.02 Å². The first-order valence-electron chi connectivity index (χ1n) is 6.09. The van der Waals surface area contributed by atoms with Crippen LogP contribution in [0.5, 0.6) is 0 Å². The molecule has 1 heterocycles. The summed E-state index contributed by atoms with van der Waals surface area (Å²) in [5, 5.41) is 7.51. The molecule has 0 amide bonds. The fourth-order valence-electron chi connectivity index (χ4n) is 1.51. The van der Waals surface area contributed by atoms with Crippen molar-refractivity contribution in [3.05, 3.63) is 39.5 Å². The Bertz CT molecular complexity index is 584. The largest absolute Gasteiger partial charge is 0.354 e. The van der Waals surface area contributed by atoms with Gasteiger partial charge in [-0.15, -0.1) is 0 Å². The molecule has 0 fully saturated rings. The van der Waals surface area contributed by atoms with Crippen molar-refractivity contribution < 1.29 is 0 Å². The number of halogens is 3. The fraction of sp³-hybridized carbons (Fsp3) is 0.231. The molecule has 2 rings (SSSR count). The molecular weight excluding hydrogens is 319 g/mol. The number of nitrogens with one attached hydrogen (secondary N) is 2. The van der Waals surface area contributed by atoms with Crippen LogP contribution in [0.3, 0.4) is 0 Å². The summed E-state index contributed by atoms with van der Waals surface area (Å²) in [5.74, 6) is 0.956. The molecule has 0 radical (unpaired) electrons. The first-order chi connectivity index (χ1) is 9.61. The first kappa shape index (κ1) is 15.2. The van der Waals surface area contributed by atoms with E-state index in [0.29, 0.717) is 32.5 Å². The molecule has 4 nitrogen and oxygen atoms in total. The lowest BCUT2D eigenvalue weighted by Gasteiger charge is -2.12. The molecule has 0 saturated heterocycles. The van der Waals surface area contributed by atoms with Gasteiger partial charge in [-0.2, -0.15) is 4.98 Å². The van der Waals surface area contributed by atoms with E-state index < -0.39 is 0 Å². The third kappa shape index (κ3) is 3.66. The van der Waals surface area contributed by atoms with Crippen molar-refractivity contribution in [1.82, 2.24) is 9.97 Å². The smallest absolute Gasteiger partial charge is 0.224 e. The normalized spacial score (nSPS) is 10.4. The van der Waals surface area contributed by atoms with E-state index in [1.807, 2.05) is 0 Å². The molecule has 2 N–H and O–H groups in total. The summed E-state index contributed by atoms with van der Waals surface area (Å²) >= 11 is 18.3. The molecular formula is C13H13Cl3N4. The highest BCUT2D eigenvalue weighted by molar-refractivity contribution is 6.39. The summed E-state index contributed by atoms with van der Waals surface area (Å²) in [4.78, 5) is 8.41. The van der Waals surface area contributed by atoms with E-state index in [2.05, 4.69) is 27.5 Å². The highest BCUT2D eigenvalue weighted by atomic mass is 35.5. The maximum atomic E-state index is 6.11. The minimum absolute atomic E-state index is 0.392. The lowest BCUT2D eigenvalue weighted by Crippen LogP contribution is -2.06. The Labute approximate surface area is 132 Å². The molecule has 7 heteroatoms. The molecule has 106 valence electrons. The van der Waals surface area contributed by atoms with E-state index in [9.17, 15) is 0 Å². The van der Waals surface area contributed by atoms with Gasteiger partial charge in [0, 0.05) is 6.54 Å². The maximum absolute atomic E-state index is 6.11. The summed E-state index contributed by atoms with van der Waals surface area (Å²) in [6.45, 7) is 2.85. The molecule has 2 aromatic rings. The summed E-state index contributed by atoms with van der Waals surface area (Å²) in [6, 6.07) is 5.24. The van der Waals surface area contributed by atoms with Crippen molar-refractivity contribution >= 4 is 52.3 Å². The van der Waals surface area contributed by atoms with Crippen LogP contribution in [0, 0.1) is 0 Å². The summed E-state index contributed by atoms with van der Waals surface area (Å²) in [6.07, 6.45) is 2.50. The second-order valence-corrected chi connectivity index (χ2v) is 5.26. The topological polar surface area (TPSA) is 49.8 Å². The van der Waals surface area contributed by atoms with Gasteiger partial charge in [0.25, 0.3) is 0 Å². The Morgan fingerprint density at radius 2 is 1.80 bits per heavy atom.